The molecule has 1 aromatic carbocycles. The van der Waals surface area contributed by atoms with Crippen LogP contribution in [-0.2, 0) is 44.7 Å². The molecule has 3 aromatic rings. The molecule has 2 aliphatic rings. The van der Waals surface area contributed by atoms with Crippen LogP contribution in [0.15, 0.2) is 66.9 Å². The van der Waals surface area contributed by atoms with E-state index in [4.69, 9.17) is 24.4 Å². The number of Topliss-reactive ketones (excluding diaryl/α,β-unsaturated/α-hetero) is 1. The van der Waals surface area contributed by atoms with E-state index in [1.165, 1.54) is 4.49 Å². The number of aromatic amines is 1. The number of aromatic nitrogens is 2. The van der Waals surface area contributed by atoms with Crippen LogP contribution in [0.1, 0.15) is 93.3 Å². The van der Waals surface area contributed by atoms with Gasteiger partial charge in [0, 0.05) is 56.7 Å². The van der Waals surface area contributed by atoms with Crippen LogP contribution < -0.4 is 26.0 Å². The van der Waals surface area contributed by atoms with Crippen molar-refractivity contribution < 1.29 is 76.2 Å². The number of hydrogen-bond acceptors (Lipinski definition) is 10. The number of benzene rings is 1. The molecule has 384 valence electrons. The number of carbonyl (C=O) groups is 7. The molecule has 0 saturated carbocycles. The number of carboxylic acid groups (broad SMARTS) is 3. The van der Waals surface area contributed by atoms with Gasteiger partial charge in [0.15, 0.2) is 11.5 Å². The van der Waals surface area contributed by atoms with Crippen molar-refractivity contribution in [3.63, 3.8) is 0 Å². The highest BCUT2D eigenvalue weighted by Crippen LogP contribution is 2.33. The fourth-order valence-electron chi connectivity index (χ4n) is 8.05. The van der Waals surface area contributed by atoms with Gasteiger partial charge in [0.2, 0.25) is 11.8 Å². The monoisotopic (exact) mass is 993 g/mol. The van der Waals surface area contributed by atoms with E-state index in [0.29, 0.717) is 80.0 Å². The highest BCUT2D eigenvalue weighted by molar-refractivity contribution is 6.57. The summed E-state index contributed by atoms with van der Waals surface area (Å²) in [5, 5.41) is 36.9. The quantitative estimate of drug-likeness (QED) is 0.0317. The van der Waals surface area contributed by atoms with Crippen molar-refractivity contribution in [2.75, 3.05) is 46.1 Å². The molecule has 0 aliphatic carbocycles. The molecule has 71 heavy (non-hydrogen) atoms. The minimum atomic E-state index is -4.10. The molecule has 0 spiro atoms. The molecule has 2 aromatic heterocycles. The molecule has 5 rings (SSSR count). The molecular weight excluding hydrogens is 931 g/mol. The van der Waals surface area contributed by atoms with Gasteiger partial charge in [-0.1, -0.05) is 31.1 Å². The number of aliphatic carboxylic acids is 3. The van der Waals surface area contributed by atoms with Crippen LogP contribution in [0, 0.1) is 0 Å². The SMILES string of the molecule is O=C(O)CC[C@H](NC(=O)N[C@@H](CCCCNC(=O)COCCOCCNC(=O)CCCCCCC(=O)COc1ccc(/C=C\c2ccc3n2[B-](F)(F)[N+]2=C(c4ccc[nH]4)C=CC2C3)cc1)C(=O)O)C(=O)O. The number of rotatable bonds is 33. The second-order valence-corrected chi connectivity index (χ2v) is 17.1. The Hall–Kier alpha value is -7.14. The number of H-pyrrole nitrogens is 1. The maximum atomic E-state index is 16.1. The van der Waals surface area contributed by atoms with Crippen molar-refractivity contribution in [1.29, 1.82) is 0 Å². The fraction of sp³-hybridized carbons (Fsp3) is 0.458. The van der Waals surface area contributed by atoms with Gasteiger partial charge in [0.05, 0.1) is 19.8 Å². The van der Waals surface area contributed by atoms with E-state index >= 15 is 8.63 Å². The number of carboxylic acids is 3. The van der Waals surface area contributed by atoms with Gasteiger partial charge in [-0.25, -0.2) is 14.4 Å². The van der Waals surface area contributed by atoms with Crippen LogP contribution in [0.4, 0.5) is 13.4 Å². The van der Waals surface area contributed by atoms with Crippen molar-refractivity contribution in [2.24, 2.45) is 0 Å². The third-order valence-electron chi connectivity index (χ3n) is 11.7. The van der Waals surface area contributed by atoms with Crippen molar-refractivity contribution in [3.8, 4) is 5.75 Å². The summed E-state index contributed by atoms with van der Waals surface area (Å²) in [6.45, 7) is -3.31. The number of hydrogen-bond donors (Lipinski definition) is 8. The normalized spacial score (nSPS) is 15.4. The first-order valence-electron chi connectivity index (χ1n) is 23.7. The predicted molar refractivity (Wildman–Crippen MR) is 256 cm³/mol. The zero-order valence-corrected chi connectivity index (χ0v) is 39.3. The molecule has 0 saturated heterocycles. The summed E-state index contributed by atoms with van der Waals surface area (Å²) in [6.07, 6.45) is 12.6. The molecule has 20 nitrogen and oxygen atoms in total. The van der Waals surface area contributed by atoms with E-state index in [1.54, 1.807) is 73.0 Å². The lowest BCUT2D eigenvalue weighted by Gasteiger charge is -2.35. The minimum Gasteiger partial charge on any atom is -0.486 e. The second-order valence-electron chi connectivity index (χ2n) is 17.1. The van der Waals surface area contributed by atoms with Crippen LogP contribution in [0.25, 0.3) is 12.2 Å². The number of carbonyl (C=O) groups excluding carboxylic acids is 4. The number of allylic oxidation sites excluding steroid dienone is 1. The van der Waals surface area contributed by atoms with E-state index in [0.717, 1.165) is 22.9 Å². The first-order chi connectivity index (χ1) is 34.1. The number of amides is 4. The van der Waals surface area contributed by atoms with Crippen LogP contribution in [0.2, 0.25) is 0 Å². The Morgan fingerprint density at radius 1 is 0.761 bits per heavy atom. The number of unbranched alkanes of at least 4 members (excludes halogenated alkanes) is 4. The summed E-state index contributed by atoms with van der Waals surface area (Å²) >= 11 is 0. The molecule has 2 aliphatic heterocycles. The lowest BCUT2D eigenvalue weighted by molar-refractivity contribution is -0.456. The lowest BCUT2D eigenvalue weighted by Crippen LogP contribution is -2.57. The van der Waals surface area contributed by atoms with Gasteiger partial charge in [-0.05, 0) is 98.3 Å². The second kappa shape index (κ2) is 27.9. The van der Waals surface area contributed by atoms with Gasteiger partial charge in [-0.15, -0.1) is 0 Å². The number of nitrogens with zero attached hydrogens (tertiary/aromatic N) is 2. The summed E-state index contributed by atoms with van der Waals surface area (Å²) in [6, 6.07) is 9.82. The summed E-state index contributed by atoms with van der Waals surface area (Å²) in [5.74, 6) is -4.08. The summed E-state index contributed by atoms with van der Waals surface area (Å²) in [5.41, 5.74) is 2.90. The highest BCUT2D eigenvalue weighted by Gasteiger charge is 2.54. The molecular formula is C48H62BF2N7O13. The van der Waals surface area contributed by atoms with Crippen molar-refractivity contribution in [3.05, 3.63) is 89.5 Å². The smallest absolute Gasteiger partial charge is 0.486 e. The fourth-order valence-corrected chi connectivity index (χ4v) is 8.05. The number of halogens is 2. The van der Waals surface area contributed by atoms with Gasteiger partial charge < -0.3 is 73.4 Å². The van der Waals surface area contributed by atoms with E-state index in [9.17, 15) is 38.7 Å². The van der Waals surface area contributed by atoms with Crippen molar-refractivity contribution in [2.45, 2.75) is 95.2 Å². The standard InChI is InChI=1S/C48H62BF2N7O13/c50-49(51)57-34(16-17-35(57)30-36-18-22-42(58(36)49)39-10-7-25-52-39)15-12-33-13-19-38(20-14-33)71-31-37(59)8-3-1-2-4-11-43(60)54-26-27-69-28-29-70-32-44(61)53-24-6-5-9-40(46(64)65)55-48(68)56-41(47(66)67)21-23-45(62)63/h7,10,12-20,22,25,36,40-41,52H,1-6,8-9,11,21,23-24,26-32H2,(H,53,61)(H,54,60)(H,62,63)(H,64,65)(H,66,67)(H2,55,56,68)/b15-12-/t36?,40-,41-/m0/s1. The average molecular weight is 994 g/mol. The first-order valence-corrected chi connectivity index (χ1v) is 23.7. The van der Waals surface area contributed by atoms with Gasteiger partial charge in [-0.2, -0.15) is 0 Å². The molecule has 0 radical (unpaired) electrons. The average Bonchev–Trinajstić information content (AvgIpc) is 4.12. The Bertz CT molecular complexity index is 2390. The van der Waals surface area contributed by atoms with Crippen LogP contribution in [0.5, 0.6) is 5.75 Å². The maximum Gasteiger partial charge on any atom is 0.732 e. The van der Waals surface area contributed by atoms with Crippen LogP contribution in [-0.4, -0.2) is 148 Å². The molecule has 4 amide bonds. The first kappa shape index (κ1) is 54.8. The third-order valence-corrected chi connectivity index (χ3v) is 11.7. The Morgan fingerprint density at radius 2 is 1.46 bits per heavy atom. The molecule has 4 heterocycles. The Labute approximate surface area is 408 Å². The molecule has 3 atom stereocenters. The minimum absolute atomic E-state index is 0.00680. The molecule has 23 heteroatoms. The zero-order chi connectivity index (χ0) is 51.2. The highest BCUT2D eigenvalue weighted by atomic mass is 19.2. The number of nitrogens with one attached hydrogen (secondary N) is 5. The zero-order valence-electron chi connectivity index (χ0n) is 39.3. The van der Waals surface area contributed by atoms with E-state index < -0.39 is 61.4 Å². The Morgan fingerprint density at radius 3 is 2.17 bits per heavy atom. The van der Waals surface area contributed by atoms with Crippen LogP contribution in [0.3, 0.4) is 0 Å². The maximum absolute atomic E-state index is 16.1. The van der Waals surface area contributed by atoms with E-state index in [2.05, 4.69) is 26.3 Å². The molecule has 0 bridgehead atoms. The van der Waals surface area contributed by atoms with Gasteiger partial charge in [0.25, 0.3) is 0 Å². The molecule has 8 N–H and O–H groups in total. The van der Waals surface area contributed by atoms with Crippen LogP contribution >= 0.6 is 0 Å². The Kier molecular flexibility index (Phi) is 21.5. The predicted octanol–water partition coefficient (Wildman–Crippen LogP) is 4.00. The van der Waals surface area contributed by atoms with Gasteiger partial charge >= 0.3 is 30.9 Å². The Balaban J connectivity index is 0.828. The molecule has 1 unspecified atom stereocenters. The number of urea groups is 1. The number of ether oxygens (including phenoxy) is 3. The van der Waals surface area contributed by atoms with Gasteiger partial charge in [-0.3, -0.25) is 19.2 Å². The summed E-state index contributed by atoms with van der Waals surface area (Å²) < 4.78 is 51.0. The molecule has 0 fully saturated rings. The summed E-state index contributed by atoms with van der Waals surface area (Å²) in [4.78, 5) is 85.3. The number of ketones is 1. The third kappa shape index (κ3) is 17.7. The van der Waals surface area contributed by atoms with Gasteiger partial charge in [0.1, 0.15) is 42.8 Å². The van der Waals surface area contributed by atoms with Crippen molar-refractivity contribution in [1.82, 2.24) is 30.7 Å². The van der Waals surface area contributed by atoms with Crippen molar-refractivity contribution >= 4 is 66.4 Å². The summed E-state index contributed by atoms with van der Waals surface area (Å²) in [7, 11) is 0. The van der Waals surface area contributed by atoms with E-state index in [1.807, 2.05) is 6.08 Å². The number of fused-ring (bicyclic) bond motifs is 2. The van der Waals surface area contributed by atoms with E-state index in [-0.39, 0.29) is 64.1 Å². The topological polar surface area (TPSA) is 280 Å². The largest absolute Gasteiger partial charge is 0.732 e. The lowest BCUT2D eigenvalue weighted by atomic mass is 9.86.